The Bertz CT molecular complexity index is 404. The molecule has 3 fully saturated rings. The number of carbonyl (C=O) groups excluding carboxylic acids is 1. The maximum Gasteiger partial charge on any atom is 0.315 e. The molecule has 0 spiro atoms. The van der Waals surface area contributed by atoms with Gasteiger partial charge >= 0.3 is 6.03 Å². The van der Waals surface area contributed by atoms with E-state index in [2.05, 4.69) is 22.5 Å². The summed E-state index contributed by atoms with van der Waals surface area (Å²) in [6.07, 6.45) is 6.69. The standard InChI is InChI=1S/C18H33N3O2/c1-13(17-10-14-3-4-16(17)9-14)20-18(22)19-11-15-5-6-21(12-15)7-8-23-2/h13-17H,3-12H2,1-2H3,(H2,19,20,22)/t13-,14-,15+,16-,17-/m0/s1. The van der Waals surface area contributed by atoms with Crippen molar-refractivity contribution in [3.63, 3.8) is 0 Å². The highest BCUT2D eigenvalue weighted by molar-refractivity contribution is 5.74. The van der Waals surface area contributed by atoms with Crippen LogP contribution in [0, 0.1) is 23.7 Å². The van der Waals surface area contributed by atoms with Gasteiger partial charge in [-0.25, -0.2) is 4.79 Å². The number of fused-ring (bicyclic) bond motifs is 2. The van der Waals surface area contributed by atoms with E-state index in [1.807, 2.05) is 0 Å². The molecule has 3 rings (SSSR count). The summed E-state index contributed by atoms with van der Waals surface area (Å²) < 4.78 is 5.13. The van der Waals surface area contributed by atoms with Crippen LogP contribution in [0.4, 0.5) is 4.79 Å². The predicted octanol–water partition coefficient (Wildman–Crippen LogP) is 2.08. The molecule has 0 unspecified atom stereocenters. The minimum atomic E-state index is 0.0237. The lowest BCUT2D eigenvalue weighted by atomic mass is 9.84. The number of methoxy groups -OCH3 is 1. The third-order valence-electron chi connectivity index (χ3n) is 6.33. The lowest BCUT2D eigenvalue weighted by Gasteiger charge is -2.28. The van der Waals surface area contributed by atoms with Crippen molar-refractivity contribution < 1.29 is 9.53 Å². The fourth-order valence-corrected chi connectivity index (χ4v) is 5.01. The maximum atomic E-state index is 12.2. The molecule has 2 saturated carbocycles. The highest BCUT2D eigenvalue weighted by atomic mass is 16.5. The van der Waals surface area contributed by atoms with Crippen LogP contribution in [0.1, 0.15) is 39.0 Å². The summed E-state index contributed by atoms with van der Waals surface area (Å²) in [6, 6.07) is 0.336. The van der Waals surface area contributed by atoms with Crippen molar-refractivity contribution in [1.29, 1.82) is 0 Å². The fraction of sp³-hybridized carbons (Fsp3) is 0.944. The van der Waals surface area contributed by atoms with Crippen LogP contribution in [0.5, 0.6) is 0 Å². The molecule has 2 aliphatic carbocycles. The van der Waals surface area contributed by atoms with E-state index >= 15 is 0 Å². The molecule has 2 amide bonds. The number of nitrogens with one attached hydrogen (secondary N) is 2. The van der Waals surface area contributed by atoms with Gasteiger partial charge in [0.15, 0.2) is 0 Å². The van der Waals surface area contributed by atoms with E-state index in [0.29, 0.717) is 17.9 Å². The topological polar surface area (TPSA) is 53.6 Å². The molecule has 0 aromatic rings. The second kappa shape index (κ2) is 7.84. The minimum absolute atomic E-state index is 0.0237. The van der Waals surface area contributed by atoms with Gasteiger partial charge in [-0.05, 0) is 62.8 Å². The van der Waals surface area contributed by atoms with E-state index in [0.717, 1.165) is 44.6 Å². The van der Waals surface area contributed by atoms with E-state index < -0.39 is 0 Å². The zero-order valence-corrected chi connectivity index (χ0v) is 14.7. The average molecular weight is 323 g/mol. The lowest BCUT2D eigenvalue weighted by molar-refractivity contribution is 0.159. The van der Waals surface area contributed by atoms with Gasteiger partial charge in [0.25, 0.3) is 0 Å². The van der Waals surface area contributed by atoms with Gasteiger partial charge < -0.3 is 20.3 Å². The van der Waals surface area contributed by atoms with Crippen molar-refractivity contribution in [3.8, 4) is 0 Å². The second-order valence-corrected chi connectivity index (χ2v) is 7.93. The van der Waals surface area contributed by atoms with Crippen molar-refractivity contribution in [1.82, 2.24) is 15.5 Å². The molecule has 0 aromatic heterocycles. The molecule has 1 heterocycles. The molecule has 23 heavy (non-hydrogen) atoms. The summed E-state index contributed by atoms with van der Waals surface area (Å²) in [6.45, 7) is 6.97. The van der Waals surface area contributed by atoms with Crippen LogP contribution in [0.3, 0.4) is 0 Å². The molecular weight excluding hydrogens is 290 g/mol. The first kappa shape index (κ1) is 17.0. The third kappa shape index (κ3) is 4.38. The van der Waals surface area contributed by atoms with Crippen LogP contribution in [-0.2, 0) is 4.74 Å². The smallest absolute Gasteiger partial charge is 0.315 e. The van der Waals surface area contributed by atoms with Gasteiger partial charge in [-0.2, -0.15) is 0 Å². The van der Waals surface area contributed by atoms with E-state index in [-0.39, 0.29) is 6.03 Å². The zero-order valence-electron chi connectivity index (χ0n) is 14.7. The highest BCUT2D eigenvalue weighted by Crippen LogP contribution is 2.49. The Labute approximate surface area is 140 Å². The Morgan fingerprint density at radius 1 is 1.30 bits per heavy atom. The van der Waals surface area contributed by atoms with Crippen molar-refractivity contribution in [2.24, 2.45) is 23.7 Å². The Morgan fingerprint density at radius 3 is 2.87 bits per heavy atom. The molecule has 5 nitrogen and oxygen atoms in total. The first-order chi connectivity index (χ1) is 11.2. The lowest BCUT2D eigenvalue weighted by Crippen LogP contribution is -2.46. The van der Waals surface area contributed by atoms with Crippen molar-refractivity contribution in [2.45, 2.75) is 45.1 Å². The van der Waals surface area contributed by atoms with E-state index in [4.69, 9.17) is 4.74 Å². The SMILES string of the molecule is COCCN1CC[C@H](CNC(=O)N[C@@H](C)[C@@H]2C[C@H]3CC[C@H]2C3)C1. The summed E-state index contributed by atoms with van der Waals surface area (Å²) in [5.74, 6) is 3.08. The minimum Gasteiger partial charge on any atom is -0.383 e. The van der Waals surface area contributed by atoms with Crippen molar-refractivity contribution in [2.75, 3.05) is 39.9 Å². The number of nitrogens with zero attached hydrogens (tertiary/aromatic N) is 1. The quantitative estimate of drug-likeness (QED) is 0.754. The number of hydrogen-bond donors (Lipinski definition) is 2. The van der Waals surface area contributed by atoms with Crippen LogP contribution in [-0.4, -0.2) is 56.9 Å². The molecule has 0 radical (unpaired) electrons. The normalized spacial score (nSPS) is 34.7. The molecule has 1 saturated heterocycles. The van der Waals surface area contributed by atoms with Gasteiger partial charge in [0.2, 0.25) is 0 Å². The summed E-state index contributed by atoms with van der Waals surface area (Å²) in [4.78, 5) is 14.6. The Kier molecular flexibility index (Phi) is 5.81. The Hall–Kier alpha value is -0.810. The molecular formula is C18H33N3O2. The van der Waals surface area contributed by atoms with E-state index in [1.54, 1.807) is 7.11 Å². The summed E-state index contributed by atoms with van der Waals surface area (Å²) >= 11 is 0. The molecule has 1 aliphatic heterocycles. The van der Waals surface area contributed by atoms with Gasteiger partial charge in [-0.1, -0.05) is 6.42 Å². The number of urea groups is 1. The summed E-state index contributed by atoms with van der Waals surface area (Å²) in [7, 11) is 1.75. The number of carbonyl (C=O) groups is 1. The van der Waals surface area contributed by atoms with Crippen LogP contribution in [0.15, 0.2) is 0 Å². The molecule has 2 N–H and O–H groups in total. The number of hydrogen-bond acceptors (Lipinski definition) is 3. The second-order valence-electron chi connectivity index (χ2n) is 7.93. The Balaban J connectivity index is 1.32. The summed E-state index contributed by atoms with van der Waals surface area (Å²) in [5.41, 5.74) is 0. The Morgan fingerprint density at radius 2 is 2.17 bits per heavy atom. The molecule has 132 valence electrons. The fourth-order valence-electron chi connectivity index (χ4n) is 5.01. The molecule has 0 aromatic carbocycles. The van der Waals surface area contributed by atoms with E-state index in [1.165, 1.54) is 32.1 Å². The largest absolute Gasteiger partial charge is 0.383 e. The van der Waals surface area contributed by atoms with E-state index in [9.17, 15) is 4.79 Å². The number of likely N-dealkylation sites (tertiary alicyclic amines) is 1. The third-order valence-corrected chi connectivity index (χ3v) is 6.33. The van der Waals surface area contributed by atoms with Gasteiger partial charge in [-0.15, -0.1) is 0 Å². The van der Waals surface area contributed by atoms with Gasteiger partial charge in [-0.3, -0.25) is 0 Å². The molecule has 5 atom stereocenters. The molecule has 2 bridgehead atoms. The van der Waals surface area contributed by atoms with Gasteiger partial charge in [0.1, 0.15) is 0 Å². The summed E-state index contributed by atoms with van der Waals surface area (Å²) in [5, 5.41) is 6.28. The van der Waals surface area contributed by atoms with Crippen molar-refractivity contribution in [3.05, 3.63) is 0 Å². The number of rotatable bonds is 7. The average Bonchev–Trinajstić information content (AvgIpc) is 3.27. The zero-order chi connectivity index (χ0) is 16.2. The maximum absolute atomic E-state index is 12.2. The van der Waals surface area contributed by atoms with Gasteiger partial charge in [0.05, 0.1) is 6.61 Å². The van der Waals surface area contributed by atoms with Crippen molar-refractivity contribution >= 4 is 6.03 Å². The molecule has 3 aliphatic rings. The van der Waals surface area contributed by atoms with Crippen LogP contribution in [0.25, 0.3) is 0 Å². The monoisotopic (exact) mass is 323 g/mol. The van der Waals surface area contributed by atoms with Crippen LogP contribution >= 0.6 is 0 Å². The first-order valence-corrected chi connectivity index (χ1v) is 9.41. The number of ether oxygens (including phenoxy) is 1. The molecule has 5 heteroatoms. The highest BCUT2D eigenvalue weighted by Gasteiger charge is 2.42. The predicted molar refractivity (Wildman–Crippen MR) is 91.4 cm³/mol. The van der Waals surface area contributed by atoms with Gasteiger partial charge in [0, 0.05) is 32.8 Å². The van der Waals surface area contributed by atoms with Crippen LogP contribution < -0.4 is 10.6 Å². The first-order valence-electron chi connectivity index (χ1n) is 9.41. The number of amides is 2. The van der Waals surface area contributed by atoms with Crippen LogP contribution in [0.2, 0.25) is 0 Å².